The van der Waals surface area contributed by atoms with Crippen molar-refractivity contribution in [3.8, 4) is 0 Å². The minimum atomic E-state index is -0.317. The quantitative estimate of drug-likeness (QED) is 0.792. The van der Waals surface area contributed by atoms with Gasteiger partial charge in [0.15, 0.2) is 0 Å². The molecule has 0 amide bonds. The molecule has 0 aliphatic heterocycles. The van der Waals surface area contributed by atoms with Crippen molar-refractivity contribution in [1.82, 2.24) is 5.32 Å². The van der Waals surface area contributed by atoms with Crippen molar-refractivity contribution in [1.29, 1.82) is 0 Å². The predicted octanol–water partition coefficient (Wildman–Crippen LogP) is 2.82. The van der Waals surface area contributed by atoms with Crippen LogP contribution in [-0.2, 0) is 4.74 Å². The van der Waals surface area contributed by atoms with Crippen LogP contribution < -0.4 is 5.32 Å². The SMILES string of the molecule is COCCNCC1CC1c1ccc(Cl)c(F)c1. The molecule has 1 fully saturated rings. The van der Waals surface area contributed by atoms with Crippen LogP contribution >= 0.6 is 11.6 Å². The number of ether oxygens (including phenoxy) is 1. The summed E-state index contributed by atoms with van der Waals surface area (Å²) < 4.78 is 18.2. The van der Waals surface area contributed by atoms with Gasteiger partial charge in [-0.15, -0.1) is 0 Å². The first-order valence-electron chi connectivity index (χ1n) is 5.87. The first-order chi connectivity index (χ1) is 8.22. The fourth-order valence-corrected chi connectivity index (χ4v) is 2.20. The van der Waals surface area contributed by atoms with Gasteiger partial charge in [0.2, 0.25) is 0 Å². The van der Waals surface area contributed by atoms with Crippen LogP contribution in [0.15, 0.2) is 18.2 Å². The van der Waals surface area contributed by atoms with Gasteiger partial charge in [-0.1, -0.05) is 17.7 Å². The Morgan fingerprint density at radius 3 is 3.06 bits per heavy atom. The number of halogens is 2. The average molecular weight is 258 g/mol. The maximum absolute atomic E-state index is 13.3. The largest absolute Gasteiger partial charge is 0.383 e. The van der Waals surface area contributed by atoms with Crippen molar-refractivity contribution in [2.75, 3.05) is 26.8 Å². The van der Waals surface area contributed by atoms with E-state index in [1.54, 1.807) is 19.2 Å². The molecule has 0 aromatic heterocycles. The van der Waals surface area contributed by atoms with Gasteiger partial charge in [-0.05, 0) is 42.5 Å². The lowest BCUT2D eigenvalue weighted by Crippen LogP contribution is -2.21. The monoisotopic (exact) mass is 257 g/mol. The van der Waals surface area contributed by atoms with Crippen molar-refractivity contribution in [3.05, 3.63) is 34.6 Å². The second kappa shape index (κ2) is 5.80. The molecule has 2 atom stereocenters. The second-order valence-electron chi connectivity index (χ2n) is 4.47. The third-order valence-electron chi connectivity index (χ3n) is 3.18. The van der Waals surface area contributed by atoms with Crippen LogP contribution in [0.1, 0.15) is 17.9 Å². The molecule has 0 saturated heterocycles. The minimum Gasteiger partial charge on any atom is -0.383 e. The number of methoxy groups -OCH3 is 1. The molecule has 1 saturated carbocycles. The van der Waals surface area contributed by atoms with Gasteiger partial charge in [-0.3, -0.25) is 0 Å². The summed E-state index contributed by atoms with van der Waals surface area (Å²) in [5.74, 6) is 0.784. The van der Waals surface area contributed by atoms with E-state index in [0.29, 0.717) is 11.8 Å². The lowest BCUT2D eigenvalue weighted by molar-refractivity contribution is 0.199. The van der Waals surface area contributed by atoms with Crippen LogP contribution in [0.2, 0.25) is 5.02 Å². The molecule has 1 aliphatic rings. The maximum atomic E-state index is 13.3. The lowest BCUT2D eigenvalue weighted by atomic mass is 10.1. The molecule has 1 aliphatic carbocycles. The lowest BCUT2D eigenvalue weighted by Gasteiger charge is -2.04. The Kier molecular flexibility index (Phi) is 4.37. The molecule has 4 heteroatoms. The molecule has 17 heavy (non-hydrogen) atoms. The van der Waals surface area contributed by atoms with Gasteiger partial charge in [0, 0.05) is 13.7 Å². The number of hydrogen-bond acceptors (Lipinski definition) is 2. The Hall–Kier alpha value is -0.640. The van der Waals surface area contributed by atoms with E-state index in [2.05, 4.69) is 5.32 Å². The second-order valence-corrected chi connectivity index (χ2v) is 4.88. The molecule has 94 valence electrons. The fourth-order valence-electron chi connectivity index (χ4n) is 2.09. The standard InChI is InChI=1S/C13H17ClFNO/c1-17-5-4-16-8-10-6-11(10)9-2-3-12(14)13(15)7-9/h2-3,7,10-11,16H,4-6,8H2,1H3. The summed E-state index contributed by atoms with van der Waals surface area (Å²) in [4.78, 5) is 0. The Bertz CT molecular complexity index is 386. The summed E-state index contributed by atoms with van der Waals surface area (Å²) in [6, 6.07) is 5.12. The highest BCUT2D eigenvalue weighted by Crippen LogP contribution is 2.47. The van der Waals surface area contributed by atoms with Gasteiger partial charge in [0.05, 0.1) is 11.6 Å². The number of hydrogen-bond donors (Lipinski definition) is 1. The Balaban J connectivity index is 1.79. The Labute approximate surface area is 106 Å². The van der Waals surface area contributed by atoms with Gasteiger partial charge in [-0.2, -0.15) is 0 Å². The molecular weight excluding hydrogens is 241 g/mol. The van der Waals surface area contributed by atoms with Gasteiger partial charge < -0.3 is 10.1 Å². The topological polar surface area (TPSA) is 21.3 Å². The first-order valence-corrected chi connectivity index (χ1v) is 6.24. The molecule has 0 bridgehead atoms. The van der Waals surface area contributed by atoms with Crippen LogP contribution in [0.3, 0.4) is 0 Å². The summed E-state index contributed by atoms with van der Waals surface area (Å²) in [7, 11) is 1.69. The third-order valence-corrected chi connectivity index (χ3v) is 3.49. The van der Waals surface area contributed by atoms with Crippen LogP contribution in [0, 0.1) is 11.7 Å². The molecule has 1 N–H and O–H groups in total. The summed E-state index contributed by atoms with van der Waals surface area (Å²) >= 11 is 5.66. The zero-order valence-corrected chi connectivity index (χ0v) is 10.6. The van der Waals surface area contributed by atoms with E-state index in [4.69, 9.17) is 16.3 Å². The summed E-state index contributed by atoms with van der Waals surface area (Å²) in [5, 5.41) is 3.53. The highest BCUT2D eigenvalue weighted by molar-refractivity contribution is 6.30. The highest BCUT2D eigenvalue weighted by atomic mass is 35.5. The zero-order chi connectivity index (χ0) is 12.3. The van der Waals surface area contributed by atoms with E-state index in [-0.39, 0.29) is 10.8 Å². The van der Waals surface area contributed by atoms with E-state index in [9.17, 15) is 4.39 Å². The van der Waals surface area contributed by atoms with E-state index in [1.807, 2.05) is 6.07 Å². The van der Waals surface area contributed by atoms with Gasteiger partial charge in [0.1, 0.15) is 5.82 Å². The van der Waals surface area contributed by atoms with Crippen molar-refractivity contribution >= 4 is 11.6 Å². The number of benzene rings is 1. The number of nitrogens with one attached hydrogen (secondary N) is 1. The average Bonchev–Trinajstić information content (AvgIpc) is 3.08. The summed E-state index contributed by atoms with van der Waals surface area (Å²) in [6.45, 7) is 2.57. The molecular formula is C13H17ClFNO. The normalized spacial score (nSPS) is 22.8. The molecule has 2 unspecified atom stereocenters. The molecule has 1 aromatic rings. The smallest absolute Gasteiger partial charge is 0.142 e. The minimum absolute atomic E-state index is 0.198. The predicted molar refractivity (Wildman–Crippen MR) is 67.0 cm³/mol. The van der Waals surface area contributed by atoms with Gasteiger partial charge >= 0.3 is 0 Å². The molecule has 0 spiro atoms. The fraction of sp³-hybridized carbons (Fsp3) is 0.538. The van der Waals surface area contributed by atoms with E-state index in [1.165, 1.54) is 0 Å². The highest BCUT2D eigenvalue weighted by Gasteiger charge is 2.37. The molecule has 1 aromatic carbocycles. The molecule has 2 rings (SSSR count). The van der Waals surface area contributed by atoms with Gasteiger partial charge in [0.25, 0.3) is 0 Å². The van der Waals surface area contributed by atoms with Crippen LogP contribution in [0.5, 0.6) is 0 Å². The maximum Gasteiger partial charge on any atom is 0.142 e. The van der Waals surface area contributed by atoms with Crippen LogP contribution in [0.25, 0.3) is 0 Å². The Morgan fingerprint density at radius 1 is 1.53 bits per heavy atom. The first kappa shape index (κ1) is 12.8. The molecule has 0 heterocycles. The van der Waals surface area contributed by atoms with E-state index in [0.717, 1.165) is 31.7 Å². The molecule has 0 radical (unpaired) electrons. The molecule has 2 nitrogen and oxygen atoms in total. The van der Waals surface area contributed by atoms with Crippen LogP contribution in [0.4, 0.5) is 4.39 Å². The Morgan fingerprint density at radius 2 is 2.35 bits per heavy atom. The summed E-state index contributed by atoms with van der Waals surface area (Å²) in [5.41, 5.74) is 1.06. The van der Waals surface area contributed by atoms with E-state index < -0.39 is 0 Å². The zero-order valence-electron chi connectivity index (χ0n) is 9.88. The van der Waals surface area contributed by atoms with Crippen molar-refractivity contribution in [2.24, 2.45) is 5.92 Å². The number of rotatable bonds is 6. The third kappa shape index (κ3) is 3.41. The van der Waals surface area contributed by atoms with Crippen molar-refractivity contribution in [2.45, 2.75) is 12.3 Å². The van der Waals surface area contributed by atoms with Crippen molar-refractivity contribution in [3.63, 3.8) is 0 Å². The van der Waals surface area contributed by atoms with Gasteiger partial charge in [-0.25, -0.2) is 4.39 Å². The van der Waals surface area contributed by atoms with Crippen LogP contribution in [-0.4, -0.2) is 26.8 Å². The van der Waals surface area contributed by atoms with E-state index >= 15 is 0 Å². The van der Waals surface area contributed by atoms with Crippen molar-refractivity contribution < 1.29 is 9.13 Å². The summed E-state index contributed by atoms with van der Waals surface area (Å²) in [6.07, 6.45) is 1.13.